The lowest BCUT2D eigenvalue weighted by Crippen LogP contribution is -2.49. The Balaban J connectivity index is 1.93. The van der Waals surface area contributed by atoms with E-state index in [1.807, 2.05) is 4.90 Å². The number of nitrogens with zero attached hydrogens (tertiary/aromatic N) is 1. The zero-order valence-corrected chi connectivity index (χ0v) is 9.71. The standard InChI is InChI=1S/C12H20N2O2/c15-11-7-3-2-6-10(13-11)12(16)14-8-4-1-5-9-14/h10H,1-9H2,(H,13,15). The number of hydrogen-bond donors (Lipinski definition) is 1. The fourth-order valence-electron chi connectivity index (χ4n) is 2.49. The zero-order chi connectivity index (χ0) is 11.4. The zero-order valence-electron chi connectivity index (χ0n) is 9.71. The molecule has 1 atom stereocenters. The SMILES string of the molecule is O=C1CCCCC(C(=O)N2CCCCC2)N1. The van der Waals surface area contributed by atoms with Crippen molar-refractivity contribution >= 4 is 11.8 Å². The summed E-state index contributed by atoms with van der Waals surface area (Å²) < 4.78 is 0. The van der Waals surface area contributed by atoms with Crippen molar-refractivity contribution in [3.8, 4) is 0 Å². The summed E-state index contributed by atoms with van der Waals surface area (Å²) in [5.41, 5.74) is 0. The van der Waals surface area contributed by atoms with Gasteiger partial charge in [0.15, 0.2) is 0 Å². The first-order valence-electron chi connectivity index (χ1n) is 6.35. The molecule has 90 valence electrons. The second-order valence-corrected chi connectivity index (χ2v) is 4.75. The minimum atomic E-state index is -0.256. The molecule has 2 aliphatic rings. The maximum absolute atomic E-state index is 12.2. The molecule has 16 heavy (non-hydrogen) atoms. The molecule has 0 aliphatic carbocycles. The molecule has 2 fully saturated rings. The van der Waals surface area contributed by atoms with Crippen LogP contribution in [0, 0.1) is 0 Å². The number of hydrogen-bond acceptors (Lipinski definition) is 2. The molecule has 4 heteroatoms. The summed E-state index contributed by atoms with van der Waals surface area (Å²) in [6.07, 6.45) is 6.70. The molecule has 1 unspecified atom stereocenters. The predicted octanol–water partition coefficient (Wildman–Crippen LogP) is 1.06. The molecule has 2 heterocycles. The quantitative estimate of drug-likeness (QED) is 0.724. The Morgan fingerprint density at radius 2 is 1.88 bits per heavy atom. The third kappa shape index (κ3) is 2.74. The Hall–Kier alpha value is -1.06. The fraction of sp³-hybridized carbons (Fsp3) is 0.833. The van der Waals surface area contributed by atoms with Gasteiger partial charge in [0.2, 0.25) is 11.8 Å². The van der Waals surface area contributed by atoms with Crippen molar-refractivity contribution in [2.75, 3.05) is 13.1 Å². The number of carbonyl (C=O) groups is 2. The van der Waals surface area contributed by atoms with Gasteiger partial charge < -0.3 is 10.2 Å². The Kier molecular flexibility index (Phi) is 3.80. The topological polar surface area (TPSA) is 49.4 Å². The molecule has 0 aromatic heterocycles. The first-order chi connectivity index (χ1) is 7.77. The maximum Gasteiger partial charge on any atom is 0.245 e. The van der Waals surface area contributed by atoms with Crippen LogP contribution >= 0.6 is 0 Å². The highest BCUT2D eigenvalue weighted by Crippen LogP contribution is 2.15. The van der Waals surface area contributed by atoms with Crippen molar-refractivity contribution < 1.29 is 9.59 Å². The van der Waals surface area contributed by atoms with Gasteiger partial charge in [-0.15, -0.1) is 0 Å². The van der Waals surface area contributed by atoms with Crippen molar-refractivity contribution in [3.05, 3.63) is 0 Å². The smallest absolute Gasteiger partial charge is 0.245 e. The lowest BCUT2D eigenvalue weighted by Gasteiger charge is -2.30. The Morgan fingerprint density at radius 1 is 1.12 bits per heavy atom. The lowest BCUT2D eigenvalue weighted by atomic mass is 10.1. The molecular formula is C12H20N2O2. The highest BCUT2D eigenvalue weighted by molar-refractivity contribution is 5.88. The van der Waals surface area contributed by atoms with E-state index >= 15 is 0 Å². The molecule has 0 aromatic rings. The minimum absolute atomic E-state index is 0.0351. The number of nitrogens with one attached hydrogen (secondary N) is 1. The molecule has 0 bridgehead atoms. The molecular weight excluding hydrogens is 204 g/mol. The van der Waals surface area contributed by atoms with Crippen LogP contribution in [0.25, 0.3) is 0 Å². The Bertz CT molecular complexity index is 272. The summed E-state index contributed by atoms with van der Waals surface area (Å²) in [5.74, 6) is 0.169. The second-order valence-electron chi connectivity index (χ2n) is 4.75. The van der Waals surface area contributed by atoms with Gasteiger partial charge in [-0.3, -0.25) is 9.59 Å². The van der Waals surface area contributed by atoms with Crippen molar-refractivity contribution in [1.29, 1.82) is 0 Å². The number of likely N-dealkylation sites (tertiary alicyclic amines) is 1. The molecule has 0 spiro atoms. The molecule has 2 aliphatic heterocycles. The van der Waals surface area contributed by atoms with Crippen LogP contribution in [0.1, 0.15) is 44.9 Å². The van der Waals surface area contributed by atoms with Gasteiger partial charge in [-0.25, -0.2) is 0 Å². The van der Waals surface area contributed by atoms with Crippen LogP contribution in [0.5, 0.6) is 0 Å². The van der Waals surface area contributed by atoms with Crippen molar-refractivity contribution in [3.63, 3.8) is 0 Å². The van der Waals surface area contributed by atoms with Gasteiger partial charge in [-0.2, -0.15) is 0 Å². The molecule has 2 amide bonds. The Labute approximate surface area is 96.4 Å². The third-order valence-corrected chi connectivity index (χ3v) is 3.45. The van der Waals surface area contributed by atoms with Gasteiger partial charge in [0, 0.05) is 19.5 Å². The van der Waals surface area contributed by atoms with Crippen LogP contribution in [0.15, 0.2) is 0 Å². The average Bonchev–Trinajstić information content (AvgIpc) is 2.54. The van der Waals surface area contributed by atoms with E-state index in [1.165, 1.54) is 6.42 Å². The van der Waals surface area contributed by atoms with Gasteiger partial charge in [0.25, 0.3) is 0 Å². The summed E-state index contributed by atoms with van der Waals surface area (Å²) in [5, 5.41) is 2.85. The first kappa shape index (κ1) is 11.4. The molecule has 1 N–H and O–H groups in total. The van der Waals surface area contributed by atoms with E-state index in [4.69, 9.17) is 0 Å². The third-order valence-electron chi connectivity index (χ3n) is 3.45. The average molecular weight is 224 g/mol. The van der Waals surface area contributed by atoms with Gasteiger partial charge in [-0.05, 0) is 32.1 Å². The van der Waals surface area contributed by atoms with Crippen LogP contribution in [-0.4, -0.2) is 35.8 Å². The monoisotopic (exact) mass is 224 g/mol. The highest BCUT2D eigenvalue weighted by Gasteiger charge is 2.27. The van der Waals surface area contributed by atoms with E-state index in [9.17, 15) is 9.59 Å². The van der Waals surface area contributed by atoms with Gasteiger partial charge >= 0.3 is 0 Å². The summed E-state index contributed by atoms with van der Waals surface area (Å²) in [7, 11) is 0. The van der Waals surface area contributed by atoms with E-state index < -0.39 is 0 Å². The van der Waals surface area contributed by atoms with E-state index in [0.717, 1.165) is 45.2 Å². The molecule has 2 saturated heterocycles. The number of carbonyl (C=O) groups excluding carboxylic acids is 2. The van der Waals surface area contributed by atoms with E-state index in [-0.39, 0.29) is 17.9 Å². The lowest BCUT2D eigenvalue weighted by molar-refractivity contribution is -0.137. The summed E-state index contributed by atoms with van der Waals surface area (Å²) in [6, 6.07) is -0.256. The van der Waals surface area contributed by atoms with Crippen molar-refractivity contribution in [1.82, 2.24) is 10.2 Å². The largest absolute Gasteiger partial charge is 0.344 e. The summed E-state index contributed by atoms with van der Waals surface area (Å²) in [4.78, 5) is 25.5. The Morgan fingerprint density at radius 3 is 2.62 bits per heavy atom. The normalized spacial score (nSPS) is 27.1. The number of rotatable bonds is 1. The molecule has 2 rings (SSSR count). The second kappa shape index (κ2) is 5.32. The number of amides is 2. The van der Waals surface area contributed by atoms with Crippen molar-refractivity contribution in [2.24, 2.45) is 0 Å². The highest BCUT2D eigenvalue weighted by atomic mass is 16.2. The summed E-state index contributed by atoms with van der Waals surface area (Å²) in [6.45, 7) is 1.73. The minimum Gasteiger partial charge on any atom is -0.344 e. The van der Waals surface area contributed by atoms with Gasteiger partial charge in [-0.1, -0.05) is 6.42 Å². The fourth-order valence-corrected chi connectivity index (χ4v) is 2.49. The van der Waals surface area contributed by atoms with E-state index in [2.05, 4.69) is 5.32 Å². The maximum atomic E-state index is 12.2. The molecule has 0 radical (unpaired) electrons. The van der Waals surface area contributed by atoms with Crippen molar-refractivity contribution in [2.45, 2.75) is 51.0 Å². The van der Waals surface area contributed by atoms with Gasteiger partial charge in [0.05, 0.1) is 0 Å². The van der Waals surface area contributed by atoms with Crippen LogP contribution in [-0.2, 0) is 9.59 Å². The molecule has 0 aromatic carbocycles. The molecule has 0 saturated carbocycles. The molecule has 4 nitrogen and oxygen atoms in total. The van der Waals surface area contributed by atoms with Crippen LogP contribution < -0.4 is 5.32 Å². The first-order valence-corrected chi connectivity index (χ1v) is 6.35. The van der Waals surface area contributed by atoms with E-state index in [0.29, 0.717) is 6.42 Å². The van der Waals surface area contributed by atoms with Crippen LogP contribution in [0.3, 0.4) is 0 Å². The van der Waals surface area contributed by atoms with E-state index in [1.54, 1.807) is 0 Å². The van der Waals surface area contributed by atoms with Gasteiger partial charge in [0.1, 0.15) is 6.04 Å². The summed E-state index contributed by atoms with van der Waals surface area (Å²) >= 11 is 0. The predicted molar refractivity (Wildman–Crippen MR) is 60.8 cm³/mol. The number of piperidine rings is 1. The van der Waals surface area contributed by atoms with Crippen LogP contribution in [0.2, 0.25) is 0 Å². The van der Waals surface area contributed by atoms with Crippen LogP contribution in [0.4, 0.5) is 0 Å².